The smallest absolute Gasteiger partial charge is 0.209 e. The van der Waals surface area contributed by atoms with E-state index in [1.807, 2.05) is 37.3 Å². The molecule has 1 fully saturated rings. The van der Waals surface area contributed by atoms with Crippen LogP contribution in [0.25, 0.3) is 0 Å². The Morgan fingerprint density at radius 3 is 2.61 bits per heavy atom. The molecule has 8 heteroatoms. The van der Waals surface area contributed by atoms with Crippen molar-refractivity contribution in [2.75, 3.05) is 26.0 Å². The van der Waals surface area contributed by atoms with Gasteiger partial charge < -0.3 is 4.74 Å². The highest BCUT2D eigenvalue weighted by atomic mass is 35.5. The van der Waals surface area contributed by atoms with Crippen LogP contribution in [0.15, 0.2) is 48.5 Å². The topological polar surface area (TPSA) is 58.6 Å². The fourth-order valence-electron chi connectivity index (χ4n) is 3.31. The van der Waals surface area contributed by atoms with Crippen molar-refractivity contribution in [3.05, 3.63) is 71.0 Å². The minimum atomic E-state index is -3.24. The lowest BCUT2D eigenvalue weighted by molar-refractivity contribution is -0.0330. The maximum absolute atomic E-state index is 13.5. The van der Waals surface area contributed by atoms with Gasteiger partial charge in [-0.2, -0.15) is 0 Å². The van der Waals surface area contributed by atoms with Crippen molar-refractivity contribution < 1.29 is 17.5 Å². The number of morpholine rings is 1. The molecule has 5 nitrogen and oxygen atoms in total. The largest absolute Gasteiger partial charge is 0.371 e. The van der Waals surface area contributed by atoms with Crippen LogP contribution in [0.4, 0.5) is 4.39 Å². The SMILES string of the molecule is C[C@@H](NS(C)(=O)=O)c1ccc(CN2CCOC(c3cccc(F)c3)C2)cc1.Cl. The molecule has 0 bridgehead atoms. The number of nitrogens with zero attached hydrogens (tertiary/aromatic N) is 1. The van der Waals surface area contributed by atoms with Crippen LogP contribution in [0.5, 0.6) is 0 Å². The van der Waals surface area contributed by atoms with Crippen molar-refractivity contribution in [3.8, 4) is 0 Å². The molecule has 1 N–H and O–H groups in total. The Balaban J connectivity index is 0.00000280. The Kier molecular flexibility index (Phi) is 7.97. The third-order valence-corrected chi connectivity index (χ3v) is 5.43. The van der Waals surface area contributed by atoms with Crippen LogP contribution < -0.4 is 4.72 Å². The van der Waals surface area contributed by atoms with Gasteiger partial charge in [0.05, 0.1) is 19.0 Å². The quantitative estimate of drug-likeness (QED) is 0.765. The Morgan fingerprint density at radius 1 is 1.25 bits per heavy atom. The van der Waals surface area contributed by atoms with E-state index in [1.54, 1.807) is 6.07 Å². The summed E-state index contributed by atoms with van der Waals surface area (Å²) >= 11 is 0. The average molecular weight is 429 g/mol. The van der Waals surface area contributed by atoms with Gasteiger partial charge in [0.1, 0.15) is 5.82 Å². The molecular formula is C20H26ClFN2O3S. The number of hydrogen-bond donors (Lipinski definition) is 1. The summed E-state index contributed by atoms with van der Waals surface area (Å²) in [5.41, 5.74) is 2.92. The first-order valence-corrected chi connectivity index (χ1v) is 10.8. The molecule has 28 heavy (non-hydrogen) atoms. The molecule has 154 valence electrons. The normalized spacial score (nSPS) is 19.0. The van der Waals surface area contributed by atoms with E-state index in [0.717, 1.165) is 36.0 Å². The molecule has 1 unspecified atom stereocenters. The summed E-state index contributed by atoms with van der Waals surface area (Å²) in [4.78, 5) is 2.28. The van der Waals surface area contributed by atoms with E-state index in [0.29, 0.717) is 13.2 Å². The van der Waals surface area contributed by atoms with E-state index in [1.165, 1.54) is 12.1 Å². The zero-order chi connectivity index (χ0) is 19.4. The van der Waals surface area contributed by atoms with Crippen molar-refractivity contribution in [1.29, 1.82) is 0 Å². The predicted molar refractivity (Wildman–Crippen MR) is 110 cm³/mol. The lowest BCUT2D eigenvalue weighted by Gasteiger charge is -2.33. The molecule has 0 saturated carbocycles. The summed E-state index contributed by atoms with van der Waals surface area (Å²) < 4.78 is 44.6. The maximum atomic E-state index is 13.5. The van der Waals surface area contributed by atoms with E-state index in [-0.39, 0.29) is 30.4 Å². The van der Waals surface area contributed by atoms with Gasteiger partial charge >= 0.3 is 0 Å². The third-order valence-electron chi connectivity index (χ3n) is 4.65. The number of ether oxygens (including phenoxy) is 1. The van der Waals surface area contributed by atoms with E-state index in [2.05, 4.69) is 9.62 Å². The first kappa shape index (κ1) is 22.8. The summed E-state index contributed by atoms with van der Waals surface area (Å²) in [5, 5.41) is 0. The standard InChI is InChI=1S/C20H25FN2O3S.ClH/c1-15(22-27(2,24)25)17-8-6-16(7-9-17)13-23-10-11-26-20(14-23)18-4-3-5-19(21)12-18;/h3-9,12,15,20,22H,10-11,13-14H2,1-2H3;1H/t15-,20?;/m1./s1. The Labute approximate surface area is 172 Å². The molecule has 1 saturated heterocycles. The number of rotatable bonds is 6. The van der Waals surface area contributed by atoms with Crippen molar-refractivity contribution in [2.24, 2.45) is 0 Å². The van der Waals surface area contributed by atoms with Crippen LogP contribution in [-0.4, -0.2) is 39.3 Å². The van der Waals surface area contributed by atoms with Crippen LogP contribution in [0.3, 0.4) is 0 Å². The van der Waals surface area contributed by atoms with Crippen LogP contribution in [0.1, 0.15) is 35.8 Å². The van der Waals surface area contributed by atoms with Crippen molar-refractivity contribution >= 4 is 22.4 Å². The van der Waals surface area contributed by atoms with Gasteiger partial charge in [0.25, 0.3) is 0 Å². The number of hydrogen-bond acceptors (Lipinski definition) is 4. The first-order chi connectivity index (χ1) is 12.8. The van der Waals surface area contributed by atoms with Crippen LogP contribution >= 0.6 is 12.4 Å². The molecule has 0 radical (unpaired) electrons. The molecule has 1 heterocycles. The molecule has 2 aromatic carbocycles. The van der Waals surface area contributed by atoms with E-state index in [4.69, 9.17) is 4.74 Å². The number of nitrogens with one attached hydrogen (secondary N) is 1. The molecule has 0 aliphatic carbocycles. The monoisotopic (exact) mass is 428 g/mol. The van der Waals surface area contributed by atoms with Crippen LogP contribution in [-0.2, 0) is 21.3 Å². The molecule has 0 amide bonds. The predicted octanol–water partition coefficient (Wildman–Crippen LogP) is 3.43. The molecular weight excluding hydrogens is 403 g/mol. The molecule has 2 aromatic rings. The van der Waals surface area contributed by atoms with Crippen molar-refractivity contribution in [3.63, 3.8) is 0 Å². The second-order valence-electron chi connectivity index (χ2n) is 7.00. The van der Waals surface area contributed by atoms with Gasteiger partial charge in [-0.3, -0.25) is 4.90 Å². The van der Waals surface area contributed by atoms with Gasteiger partial charge in [0.15, 0.2) is 0 Å². The lowest BCUT2D eigenvalue weighted by Crippen LogP contribution is -2.37. The lowest BCUT2D eigenvalue weighted by atomic mass is 10.1. The number of sulfonamides is 1. The number of halogens is 2. The van der Waals surface area contributed by atoms with Crippen LogP contribution in [0.2, 0.25) is 0 Å². The molecule has 0 spiro atoms. The van der Waals surface area contributed by atoms with Gasteiger partial charge in [0.2, 0.25) is 10.0 Å². The minimum Gasteiger partial charge on any atom is -0.371 e. The average Bonchev–Trinajstić information content (AvgIpc) is 2.61. The van der Waals surface area contributed by atoms with Crippen molar-refractivity contribution in [1.82, 2.24) is 9.62 Å². The zero-order valence-electron chi connectivity index (χ0n) is 16.0. The summed E-state index contributed by atoms with van der Waals surface area (Å²) in [6.45, 7) is 4.72. The molecule has 3 rings (SSSR count). The highest BCUT2D eigenvalue weighted by molar-refractivity contribution is 7.88. The fraction of sp³-hybridized carbons (Fsp3) is 0.400. The molecule has 2 atom stereocenters. The summed E-state index contributed by atoms with van der Waals surface area (Å²) in [6, 6.07) is 14.2. The van der Waals surface area contributed by atoms with Gasteiger partial charge in [0, 0.05) is 25.7 Å². The van der Waals surface area contributed by atoms with Gasteiger partial charge in [-0.15, -0.1) is 12.4 Å². The Morgan fingerprint density at radius 2 is 1.96 bits per heavy atom. The maximum Gasteiger partial charge on any atom is 0.209 e. The third kappa shape index (κ3) is 6.53. The van der Waals surface area contributed by atoms with E-state index in [9.17, 15) is 12.8 Å². The van der Waals surface area contributed by atoms with E-state index >= 15 is 0 Å². The highest BCUT2D eigenvalue weighted by Crippen LogP contribution is 2.24. The minimum absolute atomic E-state index is 0. The van der Waals surface area contributed by atoms with Crippen molar-refractivity contribution in [2.45, 2.75) is 25.6 Å². The van der Waals surface area contributed by atoms with Gasteiger partial charge in [-0.25, -0.2) is 17.5 Å². The second-order valence-corrected chi connectivity index (χ2v) is 8.78. The summed E-state index contributed by atoms with van der Waals surface area (Å²) in [7, 11) is -3.24. The van der Waals surface area contributed by atoms with Crippen LogP contribution in [0, 0.1) is 5.82 Å². The first-order valence-electron chi connectivity index (χ1n) is 8.96. The zero-order valence-corrected chi connectivity index (χ0v) is 17.6. The molecule has 0 aromatic heterocycles. The Hall–Kier alpha value is -1.51. The summed E-state index contributed by atoms with van der Waals surface area (Å²) in [5.74, 6) is -0.249. The second kappa shape index (κ2) is 9.80. The Bertz CT molecular complexity index is 877. The molecule has 1 aliphatic heterocycles. The van der Waals surface area contributed by atoms with E-state index < -0.39 is 10.0 Å². The van der Waals surface area contributed by atoms with Gasteiger partial charge in [-0.1, -0.05) is 36.4 Å². The number of benzene rings is 2. The summed E-state index contributed by atoms with van der Waals surface area (Å²) in [6.07, 6.45) is 1.03. The molecule has 1 aliphatic rings. The highest BCUT2D eigenvalue weighted by Gasteiger charge is 2.22. The van der Waals surface area contributed by atoms with Gasteiger partial charge in [-0.05, 0) is 35.7 Å². The fourth-order valence-corrected chi connectivity index (χ4v) is 4.09.